The van der Waals surface area contributed by atoms with Crippen LogP contribution in [0.4, 0.5) is 0 Å². The molecule has 0 radical (unpaired) electrons. The normalized spacial score (nSPS) is 12.5. The smallest absolute Gasteiger partial charge is 0.205 e. The van der Waals surface area contributed by atoms with Crippen LogP contribution in [0.3, 0.4) is 0 Å². The lowest BCUT2D eigenvalue weighted by molar-refractivity contribution is 0.295. The molecule has 0 saturated carbocycles. The number of ether oxygens (including phenoxy) is 1. The van der Waals surface area contributed by atoms with Crippen LogP contribution in [0.15, 0.2) is 12.4 Å². The van der Waals surface area contributed by atoms with Gasteiger partial charge in [-0.25, -0.2) is 0 Å². The van der Waals surface area contributed by atoms with E-state index >= 15 is 0 Å². The highest BCUT2D eigenvalue weighted by molar-refractivity contribution is 6.30. The summed E-state index contributed by atoms with van der Waals surface area (Å²) >= 11 is 5.69. The van der Waals surface area contributed by atoms with Crippen LogP contribution in [-0.2, 0) is 4.74 Å². The van der Waals surface area contributed by atoms with Gasteiger partial charge >= 0.3 is 0 Å². The largest absolute Gasteiger partial charge is 0.480 e. The molecule has 1 N–H and O–H groups in total. The van der Waals surface area contributed by atoms with Crippen molar-refractivity contribution in [3.63, 3.8) is 0 Å². The van der Waals surface area contributed by atoms with E-state index in [0.29, 0.717) is 11.6 Å². The van der Waals surface area contributed by atoms with E-state index in [1.807, 2.05) is 13.8 Å². The van der Waals surface area contributed by atoms with Gasteiger partial charge in [0, 0.05) is 6.20 Å². The molecule has 13 heavy (non-hydrogen) atoms. The third-order valence-corrected chi connectivity index (χ3v) is 1.84. The molecule has 72 valence electrons. The van der Waals surface area contributed by atoms with Gasteiger partial charge in [-0.05, 0) is 13.8 Å². The van der Waals surface area contributed by atoms with E-state index in [1.54, 1.807) is 10.9 Å². The van der Waals surface area contributed by atoms with Crippen LogP contribution < -0.4 is 0 Å². The molecule has 0 amide bonds. The number of rotatable bonds is 3. The van der Waals surface area contributed by atoms with Crippen LogP contribution in [-0.4, -0.2) is 22.3 Å². The molecule has 1 rings (SSSR count). The van der Waals surface area contributed by atoms with Crippen LogP contribution in [0, 0.1) is 5.41 Å². The number of hydrogen-bond acceptors (Lipinski definition) is 3. The first kappa shape index (κ1) is 10.1. The molecule has 1 unspecified atom stereocenters. The Morgan fingerprint density at radius 1 is 1.85 bits per heavy atom. The predicted molar refractivity (Wildman–Crippen MR) is 51.3 cm³/mol. The Morgan fingerprint density at radius 2 is 2.54 bits per heavy atom. The second-order valence-electron chi connectivity index (χ2n) is 2.61. The lowest BCUT2D eigenvalue weighted by Gasteiger charge is -2.12. The van der Waals surface area contributed by atoms with E-state index in [4.69, 9.17) is 21.7 Å². The number of hydrogen-bond donors (Lipinski definition) is 1. The lowest BCUT2D eigenvalue weighted by Crippen LogP contribution is -2.18. The van der Waals surface area contributed by atoms with Crippen LogP contribution >= 0.6 is 11.6 Å². The van der Waals surface area contributed by atoms with Gasteiger partial charge < -0.3 is 4.74 Å². The van der Waals surface area contributed by atoms with E-state index in [-0.39, 0.29) is 11.9 Å². The molecular formula is C8H12ClN3O. The molecule has 0 fully saturated rings. The lowest BCUT2D eigenvalue weighted by atomic mass is 10.3. The van der Waals surface area contributed by atoms with Gasteiger partial charge in [0.2, 0.25) is 5.90 Å². The quantitative estimate of drug-likeness (QED) is 0.602. The summed E-state index contributed by atoms with van der Waals surface area (Å²) in [5, 5.41) is 12.1. The maximum absolute atomic E-state index is 7.52. The summed E-state index contributed by atoms with van der Waals surface area (Å²) < 4.78 is 6.64. The van der Waals surface area contributed by atoms with E-state index < -0.39 is 0 Å². The summed E-state index contributed by atoms with van der Waals surface area (Å²) in [6.07, 6.45) is 3.21. The van der Waals surface area contributed by atoms with Crippen molar-refractivity contribution in [2.45, 2.75) is 19.9 Å². The minimum absolute atomic E-state index is 0.197. The summed E-state index contributed by atoms with van der Waals surface area (Å²) in [5.41, 5.74) is 0. The third kappa shape index (κ3) is 2.45. The molecule has 0 saturated heterocycles. The Morgan fingerprint density at radius 3 is 3.00 bits per heavy atom. The molecule has 4 nitrogen and oxygen atoms in total. The van der Waals surface area contributed by atoms with Crippen LogP contribution in [0.2, 0.25) is 5.02 Å². The van der Waals surface area contributed by atoms with Crippen molar-refractivity contribution < 1.29 is 4.74 Å². The molecule has 0 bridgehead atoms. The zero-order valence-electron chi connectivity index (χ0n) is 7.62. The summed E-state index contributed by atoms with van der Waals surface area (Å²) in [6, 6.07) is -0.201. The monoisotopic (exact) mass is 201 g/mol. The second-order valence-corrected chi connectivity index (χ2v) is 3.05. The average molecular weight is 202 g/mol. The van der Waals surface area contributed by atoms with Crippen molar-refractivity contribution in [3.05, 3.63) is 17.4 Å². The maximum Gasteiger partial charge on any atom is 0.205 e. The fraction of sp³-hybridized carbons (Fsp3) is 0.500. The summed E-state index contributed by atoms with van der Waals surface area (Å²) in [6.45, 7) is 4.18. The molecule has 1 aromatic rings. The van der Waals surface area contributed by atoms with Crippen LogP contribution in [0.5, 0.6) is 0 Å². The van der Waals surface area contributed by atoms with Crippen molar-refractivity contribution in [2.75, 3.05) is 6.61 Å². The van der Waals surface area contributed by atoms with Gasteiger partial charge in [0.1, 0.15) is 6.04 Å². The molecule has 5 heteroatoms. The Hall–Kier alpha value is -1.03. The van der Waals surface area contributed by atoms with Gasteiger partial charge in [0.15, 0.2) is 0 Å². The molecule has 0 aliphatic carbocycles. The summed E-state index contributed by atoms with van der Waals surface area (Å²) in [7, 11) is 0. The highest BCUT2D eigenvalue weighted by Crippen LogP contribution is 2.11. The standard InChI is InChI=1S/C8H12ClN3O/c1-3-13-8(10)6(2)12-5-7(9)4-11-12/h4-6,10H,3H2,1-2H3. The molecule has 0 aliphatic rings. The minimum Gasteiger partial charge on any atom is -0.480 e. The van der Waals surface area contributed by atoms with E-state index in [2.05, 4.69) is 5.10 Å². The van der Waals surface area contributed by atoms with Crippen molar-refractivity contribution in [2.24, 2.45) is 0 Å². The van der Waals surface area contributed by atoms with E-state index in [0.717, 1.165) is 0 Å². The van der Waals surface area contributed by atoms with E-state index in [1.165, 1.54) is 6.20 Å². The Kier molecular flexibility index (Phi) is 3.31. The van der Waals surface area contributed by atoms with E-state index in [9.17, 15) is 0 Å². The SMILES string of the molecule is CCOC(=N)C(C)n1cc(Cl)cn1. The number of nitrogens with one attached hydrogen (secondary N) is 1. The Bertz CT molecular complexity index is 297. The molecule has 1 aromatic heterocycles. The fourth-order valence-electron chi connectivity index (χ4n) is 0.923. The first-order valence-corrected chi connectivity index (χ1v) is 4.43. The summed E-state index contributed by atoms with van der Waals surface area (Å²) in [5.74, 6) is 0.197. The van der Waals surface area contributed by atoms with Crippen LogP contribution in [0.25, 0.3) is 0 Å². The predicted octanol–water partition coefficient (Wildman–Crippen LogP) is 2.11. The fourth-order valence-corrected chi connectivity index (χ4v) is 1.07. The minimum atomic E-state index is -0.201. The third-order valence-electron chi connectivity index (χ3n) is 1.65. The molecular weight excluding hydrogens is 190 g/mol. The van der Waals surface area contributed by atoms with Crippen molar-refractivity contribution in [1.29, 1.82) is 5.41 Å². The maximum atomic E-state index is 7.52. The van der Waals surface area contributed by atoms with Crippen molar-refractivity contribution in [3.8, 4) is 0 Å². The first-order chi connectivity index (χ1) is 6.15. The van der Waals surface area contributed by atoms with Gasteiger partial charge in [-0.2, -0.15) is 5.10 Å². The number of nitrogens with zero attached hydrogens (tertiary/aromatic N) is 2. The molecule has 1 atom stereocenters. The topological polar surface area (TPSA) is 50.9 Å². The van der Waals surface area contributed by atoms with Gasteiger partial charge in [-0.3, -0.25) is 10.1 Å². The summed E-state index contributed by atoms with van der Waals surface area (Å²) in [4.78, 5) is 0. The molecule has 0 aromatic carbocycles. The Labute approximate surface area is 82.0 Å². The van der Waals surface area contributed by atoms with Crippen LogP contribution in [0.1, 0.15) is 19.9 Å². The molecule has 1 heterocycles. The second kappa shape index (κ2) is 4.28. The zero-order valence-corrected chi connectivity index (χ0v) is 8.38. The first-order valence-electron chi connectivity index (χ1n) is 4.06. The molecule has 0 spiro atoms. The highest BCUT2D eigenvalue weighted by atomic mass is 35.5. The van der Waals surface area contributed by atoms with Gasteiger partial charge in [0.25, 0.3) is 0 Å². The number of aromatic nitrogens is 2. The molecule has 0 aliphatic heterocycles. The van der Waals surface area contributed by atoms with Crippen molar-refractivity contribution in [1.82, 2.24) is 9.78 Å². The Balaban J connectivity index is 2.67. The van der Waals surface area contributed by atoms with Gasteiger partial charge in [0.05, 0.1) is 17.8 Å². The van der Waals surface area contributed by atoms with Crippen molar-refractivity contribution >= 4 is 17.5 Å². The highest BCUT2D eigenvalue weighted by Gasteiger charge is 2.12. The van der Waals surface area contributed by atoms with Gasteiger partial charge in [-0.1, -0.05) is 11.6 Å². The van der Waals surface area contributed by atoms with Gasteiger partial charge in [-0.15, -0.1) is 0 Å². The zero-order chi connectivity index (χ0) is 9.84. The average Bonchev–Trinajstić information content (AvgIpc) is 2.51. The number of halogens is 1.